The minimum Gasteiger partial charge on any atom is -0.480 e. The first-order chi connectivity index (χ1) is 17.8. The molecule has 0 aliphatic carbocycles. The molecule has 0 aliphatic rings. The first-order valence-corrected chi connectivity index (χ1v) is 12.6. The molecule has 0 fully saturated rings. The summed E-state index contributed by atoms with van der Waals surface area (Å²) in [5.74, 6) is -3.26. The number of ether oxygens (including phenoxy) is 6. The van der Waals surface area contributed by atoms with Gasteiger partial charge in [0.2, 0.25) is 0 Å². The molecule has 0 spiro atoms. The van der Waals surface area contributed by atoms with Crippen molar-refractivity contribution in [2.75, 3.05) is 6.61 Å². The van der Waals surface area contributed by atoms with Gasteiger partial charge in [0.1, 0.15) is 23.3 Å². The number of carboxylic acids is 1. The van der Waals surface area contributed by atoms with Gasteiger partial charge in [-0.2, -0.15) is 0 Å². The number of benzene rings is 1. The van der Waals surface area contributed by atoms with Crippen LogP contribution >= 0.6 is 0 Å². The van der Waals surface area contributed by atoms with Crippen molar-refractivity contribution in [3.05, 3.63) is 23.8 Å². The maximum atomic E-state index is 12.4. The fourth-order valence-corrected chi connectivity index (χ4v) is 3.25. The molecule has 0 amide bonds. The highest BCUT2D eigenvalue weighted by Gasteiger charge is 2.33. The lowest BCUT2D eigenvalue weighted by Crippen LogP contribution is -2.40. The Bertz CT molecular complexity index is 1010. The van der Waals surface area contributed by atoms with E-state index in [1.807, 2.05) is 6.92 Å². The number of rotatable bonds is 10. The predicted molar refractivity (Wildman–Crippen MR) is 140 cm³/mol. The molecule has 0 saturated heterocycles. The standard InChI is InChI=1S/C27H41NO11/c1-10-16(3)35-23(31)34-14-15(2)20(21(28)22(29)30)17-11-12-18(36-24(32)38-26(4,5)6)19(13-17)37-25(33)39-27(7,8)9/h11-13,15-16,20-21H,10,14,28H2,1-9H3,(H,29,30)/t15?,16?,20?,21-/m0/s1. The molecule has 1 aromatic rings. The third-order valence-corrected chi connectivity index (χ3v) is 5.14. The van der Waals surface area contributed by atoms with Gasteiger partial charge in [-0.05, 0) is 78.5 Å². The number of nitrogens with two attached hydrogens (primary N) is 1. The largest absolute Gasteiger partial charge is 0.514 e. The molecule has 0 aliphatic heterocycles. The van der Waals surface area contributed by atoms with Crippen LogP contribution in [0.4, 0.5) is 14.4 Å². The van der Waals surface area contributed by atoms with Crippen LogP contribution in [0.25, 0.3) is 0 Å². The average molecular weight is 556 g/mol. The minimum atomic E-state index is -1.43. The summed E-state index contributed by atoms with van der Waals surface area (Å²) in [6, 6.07) is 2.65. The molecule has 0 heterocycles. The smallest absolute Gasteiger partial charge is 0.480 e. The summed E-state index contributed by atoms with van der Waals surface area (Å²) in [6.45, 7) is 14.8. The molecule has 1 aromatic carbocycles. The maximum absolute atomic E-state index is 12.4. The molecule has 0 saturated carbocycles. The third kappa shape index (κ3) is 12.2. The Morgan fingerprint density at radius 3 is 1.85 bits per heavy atom. The van der Waals surface area contributed by atoms with Crippen molar-refractivity contribution in [1.82, 2.24) is 0 Å². The fraction of sp³-hybridized carbons (Fsp3) is 0.630. The first kappa shape index (κ1) is 33.5. The maximum Gasteiger partial charge on any atom is 0.514 e. The first-order valence-electron chi connectivity index (χ1n) is 12.6. The highest BCUT2D eigenvalue weighted by atomic mass is 16.8. The number of carbonyl (C=O) groups is 4. The van der Waals surface area contributed by atoms with Gasteiger partial charge in [-0.1, -0.05) is 19.9 Å². The highest BCUT2D eigenvalue weighted by Crippen LogP contribution is 2.36. The summed E-state index contributed by atoms with van der Waals surface area (Å²) >= 11 is 0. The SMILES string of the molecule is CCC(C)OC(=O)OCC(C)C(c1ccc(OC(=O)OC(C)(C)C)c(OC(=O)OC(C)(C)C)c1)[C@H](N)C(=O)O. The monoisotopic (exact) mass is 555 g/mol. The van der Waals surface area contributed by atoms with Gasteiger partial charge in [-0.25, -0.2) is 14.4 Å². The topological polar surface area (TPSA) is 170 Å². The molecule has 0 bridgehead atoms. The van der Waals surface area contributed by atoms with Crippen LogP contribution in [0.5, 0.6) is 11.5 Å². The Labute approximate surface area is 229 Å². The number of hydrogen-bond acceptors (Lipinski definition) is 11. The van der Waals surface area contributed by atoms with Gasteiger partial charge in [0.25, 0.3) is 0 Å². The van der Waals surface area contributed by atoms with E-state index in [0.717, 1.165) is 0 Å². The van der Waals surface area contributed by atoms with Crippen LogP contribution in [0.3, 0.4) is 0 Å². The van der Waals surface area contributed by atoms with Gasteiger partial charge in [0.05, 0.1) is 6.61 Å². The van der Waals surface area contributed by atoms with Crippen molar-refractivity contribution in [3.63, 3.8) is 0 Å². The zero-order valence-corrected chi connectivity index (χ0v) is 24.1. The Hall–Kier alpha value is -3.54. The zero-order chi connectivity index (χ0) is 30.1. The van der Waals surface area contributed by atoms with E-state index in [0.29, 0.717) is 12.0 Å². The molecule has 4 atom stereocenters. The van der Waals surface area contributed by atoms with Crippen LogP contribution in [0.15, 0.2) is 18.2 Å². The van der Waals surface area contributed by atoms with Crippen molar-refractivity contribution in [1.29, 1.82) is 0 Å². The highest BCUT2D eigenvalue weighted by molar-refractivity contribution is 5.75. The average Bonchev–Trinajstić information content (AvgIpc) is 2.76. The number of carboxylic acid groups (broad SMARTS) is 1. The molecule has 12 nitrogen and oxygen atoms in total. The van der Waals surface area contributed by atoms with Gasteiger partial charge < -0.3 is 39.3 Å². The Kier molecular flexibility index (Phi) is 12.0. The van der Waals surface area contributed by atoms with Gasteiger partial charge >= 0.3 is 24.4 Å². The molecule has 3 N–H and O–H groups in total. The van der Waals surface area contributed by atoms with Crippen molar-refractivity contribution in [2.45, 2.75) is 98.0 Å². The molecule has 220 valence electrons. The van der Waals surface area contributed by atoms with Crippen molar-refractivity contribution in [2.24, 2.45) is 11.7 Å². The van der Waals surface area contributed by atoms with Crippen LogP contribution in [-0.2, 0) is 23.7 Å². The minimum absolute atomic E-state index is 0.178. The second-order valence-electron chi connectivity index (χ2n) is 11.1. The molecule has 0 aromatic heterocycles. The normalized spacial score (nSPS) is 14.7. The number of hydrogen-bond donors (Lipinski definition) is 2. The molecule has 1 rings (SSSR count). The van der Waals surface area contributed by atoms with E-state index < -0.39 is 53.5 Å². The number of carbonyl (C=O) groups excluding carboxylic acids is 3. The summed E-state index contributed by atoms with van der Waals surface area (Å²) in [6.07, 6.45) is -2.79. The molecule has 3 unspecified atom stereocenters. The summed E-state index contributed by atoms with van der Waals surface area (Å²) < 4.78 is 31.2. The van der Waals surface area contributed by atoms with Gasteiger partial charge in [0.15, 0.2) is 11.5 Å². The van der Waals surface area contributed by atoms with Crippen LogP contribution < -0.4 is 15.2 Å². The summed E-state index contributed by atoms with van der Waals surface area (Å²) in [4.78, 5) is 48.6. The molecule has 0 radical (unpaired) electrons. The second kappa shape index (κ2) is 14.0. The molecular weight excluding hydrogens is 514 g/mol. The van der Waals surface area contributed by atoms with Gasteiger partial charge in [0, 0.05) is 5.92 Å². The van der Waals surface area contributed by atoms with E-state index in [1.165, 1.54) is 18.2 Å². The van der Waals surface area contributed by atoms with Gasteiger partial charge in [-0.3, -0.25) is 4.79 Å². The Morgan fingerprint density at radius 2 is 1.38 bits per heavy atom. The summed E-state index contributed by atoms with van der Waals surface area (Å²) in [5.41, 5.74) is 4.59. The van der Waals surface area contributed by atoms with E-state index in [-0.39, 0.29) is 24.2 Å². The Morgan fingerprint density at radius 1 is 0.872 bits per heavy atom. The Balaban J connectivity index is 3.38. The fourth-order valence-electron chi connectivity index (χ4n) is 3.25. The van der Waals surface area contributed by atoms with Crippen molar-refractivity contribution < 1.29 is 52.7 Å². The van der Waals surface area contributed by atoms with E-state index in [4.69, 9.17) is 34.2 Å². The molecular formula is C27H41NO11. The van der Waals surface area contributed by atoms with Crippen molar-refractivity contribution >= 4 is 24.4 Å². The van der Waals surface area contributed by atoms with Crippen LogP contribution in [0, 0.1) is 5.92 Å². The van der Waals surface area contributed by atoms with E-state index in [2.05, 4.69) is 0 Å². The second-order valence-corrected chi connectivity index (χ2v) is 11.1. The van der Waals surface area contributed by atoms with E-state index >= 15 is 0 Å². The lowest BCUT2D eigenvalue weighted by Gasteiger charge is -2.28. The van der Waals surface area contributed by atoms with Gasteiger partial charge in [-0.15, -0.1) is 0 Å². The predicted octanol–water partition coefficient (Wildman–Crippen LogP) is 5.40. The molecule has 39 heavy (non-hydrogen) atoms. The van der Waals surface area contributed by atoms with Crippen LogP contribution in [0.1, 0.15) is 80.2 Å². The quantitative estimate of drug-likeness (QED) is 0.214. The van der Waals surface area contributed by atoms with Crippen molar-refractivity contribution in [3.8, 4) is 11.5 Å². The third-order valence-electron chi connectivity index (χ3n) is 5.14. The lowest BCUT2D eigenvalue weighted by molar-refractivity contribution is -0.139. The zero-order valence-electron chi connectivity index (χ0n) is 24.1. The summed E-state index contributed by atoms with van der Waals surface area (Å²) in [7, 11) is 0. The van der Waals surface area contributed by atoms with Crippen LogP contribution in [0.2, 0.25) is 0 Å². The summed E-state index contributed by atoms with van der Waals surface area (Å²) in [5, 5.41) is 9.67. The molecule has 12 heteroatoms. The van der Waals surface area contributed by atoms with E-state index in [1.54, 1.807) is 55.4 Å². The number of aliphatic carboxylic acids is 1. The lowest BCUT2D eigenvalue weighted by atomic mass is 9.82. The van der Waals surface area contributed by atoms with E-state index in [9.17, 15) is 24.3 Å². The van der Waals surface area contributed by atoms with Crippen LogP contribution in [-0.4, -0.2) is 59.5 Å².